The second kappa shape index (κ2) is 8.04. The van der Waals surface area contributed by atoms with Crippen LogP contribution < -0.4 is 14.7 Å². The summed E-state index contributed by atoms with van der Waals surface area (Å²) in [5, 5.41) is 0. The summed E-state index contributed by atoms with van der Waals surface area (Å²) in [6.45, 7) is 11.0. The number of ether oxygens (including phenoxy) is 1. The summed E-state index contributed by atoms with van der Waals surface area (Å²) in [5.41, 5.74) is 2.09. The van der Waals surface area contributed by atoms with Crippen molar-refractivity contribution in [2.75, 3.05) is 67.2 Å². The van der Waals surface area contributed by atoms with Gasteiger partial charge in [0.2, 0.25) is 5.95 Å². The van der Waals surface area contributed by atoms with E-state index in [-0.39, 0.29) is 0 Å². The Morgan fingerprint density at radius 2 is 1.56 bits per heavy atom. The van der Waals surface area contributed by atoms with Gasteiger partial charge < -0.3 is 19.4 Å². The number of hydrogen-bond donors (Lipinski definition) is 0. The lowest BCUT2D eigenvalue weighted by Crippen LogP contribution is -2.47. The van der Waals surface area contributed by atoms with Crippen molar-refractivity contribution in [1.82, 2.24) is 19.9 Å². The van der Waals surface area contributed by atoms with Gasteiger partial charge in [0.05, 0.1) is 13.2 Å². The second-order valence-corrected chi connectivity index (χ2v) is 6.96. The minimum atomic E-state index is 0.760. The van der Waals surface area contributed by atoms with E-state index in [1.807, 2.05) is 6.92 Å². The maximum atomic E-state index is 5.46. The molecule has 0 bridgehead atoms. The molecule has 0 aliphatic carbocycles. The molecule has 0 aromatic carbocycles. The fraction of sp³-hybridized carbons (Fsp3) is 0.579. The van der Waals surface area contributed by atoms with E-state index in [4.69, 9.17) is 14.7 Å². The molecule has 0 radical (unpaired) electrons. The fourth-order valence-electron chi connectivity index (χ4n) is 3.52. The van der Waals surface area contributed by atoms with E-state index in [0.717, 1.165) is 87.9 Å². The van der Waals surface area contributed by atoms with Crippen LogP contribution in [-0.2, 0) is 11.2 Å². The van der Waals surface area contributed by atoms with Crippen LogP contribution in [0.2, 0.25) is 0 Å². The highest BCUT2D eigenvalue weighted by Crippen LogP contribution is 2.21. The van der Waals surface area contributed by atoms with Crippen molar-refractivity contribution in [3.05, 3.63) is 29.8 Å². The molecule has 144 valence electrons. The zero-order valence-corrected chi connectivity index (χ0v) is 16.1. The van der Waals surface area contributed by atoms with Gasteiger partial charge in [-0.05, 0) is 13.3 Å². The van der Waals surface area contributed by atoms with Crippen LogP contribution in [0.3, 0.4) is 0 Å². The lowest BCUT2D eigenvalue weighted by atomic mass is 10.2. The van der Waals surface area contributed by atoms with Crippen LogP contribution in [0.5, 0.6) is 0 Å². The lowest BCUT2D eigenvalue weighted by Gasteiger charge is -2.36. The van der Waals surface area contributed by atoms with Gasteiger partial charge in [0, 0.05) is 62.8 Å². The smallest absolute Gasteiger partial charge is 0.227 e. The fourth-order valence-corrected chi connectivity index (χ4v) is 3.52. The number of hydrogen-bond acceptors (Lipinski definition) is 8. The van der Waals surface area contributed by atoms with Crippen molar-refractivity contribution >= 4 is 17.6 Å². The summed E-state index contributed by atoms with van der Waals surface area (Å²) in [6, 6.07) is 4.16. The Morgan fingerprint density at radius 1 is 0.852 bits per heavy atom. The molecule has 27 heavy (non-hydrogen) atoms. The molecule has 4 heterocycles. The van der Waals surface area contributed by atoms with Gasteiger partial charge in [-0.25, -0.2) is 15.0 Å². The largest absolute Gasteiger partial charge is 0.378 e. The van der Waals surface area contributed by atoms with E-state index >= 15 is 0 Å². The highest BCUT2D eigenvalue weighted by atomic mass is 16.5. The Labute approximate surface area is 160 Å². The van der Waals surface area contributed by atoms with Gasteiger partial charge in [-0.2, -0.15) is 4.98 Å². The number of rotatable bonds is 4. The molecular formula is C19H27N7O. The molecule has 0 unspecified atom stereocenters. The Kier molecular flexibility index (Phi) is 5.33. The van der Waals surface area contributed by atoms with Crippen molar-refractivity contribution in [1.29, 1.82) is 0 Å². The van der Waals surface area contributed by atoms with Crippen molar-refractivity contribution < 1.29 is 4.74 Å². The average Bonchev–Trinajstić information content (AvgIpc) is 2.74. The monoisotopic (exact) mass is 369 g/mol. The van der Waals surface area contributed by atoms with Crippen LogP contribution in [0.1, 0.15) is 18.3 Å². The van der Waals surface area contributed by atoms with Crippen LogP contribution in [0, 0.1) is 6.92 Å². The van der Waals surface area contributed by atoms with Crippen LogP contribution in [-0.4, -0.2) is 72.4 Å². The average molecular weight is 369 g/mol. The molecule has 8 nitrogen and oxygen atoms in total. The zero-order valence-electron chi connectivity index (χ0n) is 16.1. The molecule has 4 rings (SSSR count). The molecule has 0 saturated carbocycles. The van der Waals surface area contributed by atoms with Crippen molar-refractivity contribution in [2.24, 2.45) is 0 Å². The van der Waals surface area contributed by atoms with Crippen LogP contribution in [0.15, 0.2) is 18.5 Å². The predicted molar refractivity (Wildman–Crippen MR) is 106 cm³/mol. The van der Waals surface area contributed by atoms with Gasteiger partial charge in [-0.15, -0.1) is 0 Å². The van der Waals surface area contributed by atoms with Gasteiger partial charge in [0.25, 0.3) is 0 Å². The number of aromatic nitrogens is 4. The van der Waals surface area contributed by atoms with Crippen molar-refractivity contribution in [3.8, 4) is 0 Å². The van der Waals surface area contributed by atoms with E-state index in [9.17, 15) is 0 Å². The molecule has 2 aromatic heterocycles. The molecule has 0 spiro atoms. The summed E-state index contributed by atoms with van der Waals surface area (Å²) in [7, 11) is 0. The third-order valence-electron chi connectivity index (χ3n) is 5.12. The quantitative estimate of drug-likeness (QED) is 0.799. The minimum absolute atomic E-state index is 0.760. The zero-order chi connectivity index (χ0) is 18.6. The third kappa shape index (κ3) is 4.10. The Bertz CT molecular complexity index is 770. The molecule has 0 N–H and O–H groups in total. The van der Waals surface area contributed by atoms with E-state index in [1.54, 1.807) is 6.33 Å². The van der Waals surface area contributed by atoms with Crippen LogP contribution in [0.4, 0.5) is 17.6 Å². The number of anilines is 3. The van der Waals surface area contributed by atoms with E-state index < -0.39 is 0 Å². The first-order valence-corrected chi connectivity index (χ1v) is 9.72. The van der Waals surface area contributed by atoms with Crippen molar-refractivity contribution in [2.45, 2.75) is 20.3 Å². The first-order valence-electron chi connectivity index (χ1n) is 9.72. The van der Waals surface area contributed by atoms with Crippen LogP contribution >= 0.6 is 0 Å². The molecule has 2 saturated heterocycles. The van der Waals surface area contributed by atoms with E-state index in [0.29, 0.717) is 0 Å². The van der Waals surface area contributed by atoms with Gasteiger partial charge in [0.15, 0.2) is 0 Å². The Balaban J connectivity index is 1.45. The lowest BCUT2D eigenvalue weighted by molar-refractivity contribution is 0.122. The first kappa shape index (κ1) is 17.9. The number of morpholine rings is 1. The number of aryl methyl sites for hydroxylation is 2. The highest BCUT2D eigenvalue weighted by Gasteiger charge is 2.22. The number of piperazine rings is 1. The third-order valence-corrected chi connectivity index (χ3v) is 5.12. The standard InChI is InChI=1S/C19H27N7O/c1-3-16-13-17(21-14-20-16)24-4-6-26(7-5-24)19-22-15(2)12-18(23-19)25-8-10-27-11-9-25/h12-14H,3-11H2,1-2H3. The molecule has 2 aromatic rings. The molecule has 0 amide bonds. The molecule has 2 fully saturated rings. The van der Waals surface area contributed by atoms with Gasteiger partial charge >= 0.3 is 0 Å². The summed E-state index contributed by atoms with van der Waals surface area (Å²) >= 11 is 0. The molecular weight excluding hydrogens is 342 g/mol. The maximum absolute atomic E-state index is 5.46. The first-order chi connectivity index (χ1) is 13.2. The Morgan fingerprint density at radius 3 is 2.30 bits per heavy atom. The highest BCUT2D eigenvalue weighted by molar-refractivity contribution is 5.48. The summed E-state index contributed by atoms with van der Waals surface area (Å²) in [4.78, 5) is 25.2. The van der Waals surface area contributed by atoms with E-state index in [2.05, 4.69) is 43.7 Å². The summed E-state index contributed by atoms with van der Waals surface area (Å²) in [6.07, 6.45) is 2.59. The van der Waals surface area contributed by atoms with Gasteiger partial charge in [-0.1, -0.05) is 6.92 Å². The molecule has 2 aliphatic heterocycles. The summed E-state index contributed by atoms with van der Waals surface area (Å²) in [5.74, 6) is 2.85. The van der Waals surface area contributed by atoms with Gasteiger partial charge in [-0.3, -0.25) is 0 Å². The van der Waals surface area contributed by atoms with E-state index in [1.165, 1.54) is 0 Å². The molecule has 0 atom stereocenters. The maximum Gasteiger partial charge on any atom is 0.227 e. The number of nitrogens with zero attached hydrogens (tertiary/aromatic N) is 7. The van der Waals surface area contributed by atoms with Crippen molar-refractivity contribution in [3.63, 3.8) is 0 Å². The Hall–Kier alpha value is -2.48. The minimum Gasteiger partial charge on any atom is -0.378 e. The molecule has 8 heteroatoms. The second-order valence-electron chi connectivity index (χ2n) is 6.96. The van der Waals surface area contributed by atoms with Gasteiger partial charge in [0.1, 0.15) is 18.0 Å². The van der Waals surface area contributed by atoms with Crippen LogP contribution in [0.25, 0.3) is 0 Å². The predicted octanol–water partition coefficient (Wildman–Crippen LogP) is 1.30. The molecule has 2 aliphatic rings. The summed E-state index contributed by atoms with van der Waals surface area (Å²) < 4.78 is 5.46. The topological polar surface area (TPSA) is 70.5 Å². The SMILES string of the molecule is CCc1cc(N2CCN(c3nc(C)cc(N4CCOCC4)n3)CC2)ncn1. The normalized spacial score (nSPS) is 18.1.